The van der Waals surface area contributed by atoms with Crippen LogP contribution in [-0.2, 0) is 20.8 Å². The predicted molar refractivity (Wildman–Crippen MR) is 162 cm³/mol. The van der Waals surface area contributed by atoms with Gasteiger partial charge in [0, 0.05) is 30.0 Å². The van der Waals surface area contributed by atoms with Gasteiger partial charge in [0.15, 0.2) is 5.78 Å². The van der Waals surface area contributed by atoms with Crippen LogP contribution in [0.1, 0.15) is 46.1 Å². The van der Waals surface area contributed by atoms with Gasteiger partial charge in [-0.25, -0.2) is 15.0 Å². The molecule has 1 aliphatic heterocycles. The first-order valence-corrected chi connectivity index (χ1v) is 14.3. The van der Waals surface area contributed by atoms with Crippen molar-refractivity contribution in [2.45, 2.75) is 65.1 Å². The first kappa shape index (κ1) is 31.1. The van der Waals surface area contributed by atoms with Crippen LogP contribution >= 0.6 is 11.6 Å². The summed E-state index contributed by atoms with van der Waals surface area (Å²) in [6.07, 6.45) is 4.35. The lowest BCUT2D eigenvalue weighted by molar-refractivity contribution is -0.143. The van der Waals surface area contributed by atoms with Gasteiger partial charge < -0.3 is 25.6 Å². The number of nitrogens with zero attached hydrogens (tertiary/aromatic N) is 4. The molecule has 1 fully saturated rings. The van der Waals surface area contributed by atoms with E-state index in [0.717, 1.165) is 0 Å². The predicted octanol–water partition coefficient (Wildman–Crippen LogP) is 3.67. The first-order chi connectivity index (χ1) is 19.9. The topological polar surface area (TPSA) is 138 Å². The maximum absolute atomic E-state index is 13.8. The minimum Gasteiger partial charge on any atom is -0.496 e. The van der Waals surface area contributed by atoms with Crippen LogP contribution < -0.4 is 20.7 Å². The number of ether oxygens (including phenoxy) is 1. The van der Waals surface area contributed by atoms with Crippen LogP contribution in [0.3, 0.4) is 0 Å². The highest BCUT2D eigenvalue weighted by atomic mass is 35.5. The van der Waals surface area contributed by atoms with Crippen LogP contribution in [0.5, 0.6) is 5.75 Å². The van der Waals surface area contributed by atoms with Gasteiger partial charge >= 0.3 is 0 Å². The fourth-order valence-corrected chi connectivity index (χ4v) is 5.14. The smallest absolute Gasteiger partial charge is 0.246 e. The van der Waals surface area contributed by atoms with E-state index in [4.69, 9.17) is 16.3 Å². The van der Waals surface area contributed by atoms with Crippen LogP contribution in [0.15, 0.2) is 36.8 Å². The van der Waals surface area contributed by atoms with Crippen LogP contribution in [0.25, 0.3) is 10.9 Å². The zero-order chi connectivity index (χ0) is 30.6. The Morgan fingerprint density at radius 3 is 2.57 bits per heavy atom. The molecule has 4 rings (SSSR count). The summed E-state index contributed by atoms with van der Waals surface area (Å²) in [4.78, 5) is 54.8. The number of Topliss-reactive ketones (excluding diaryl/α,β-unsaturated/α-hetero) is 1. The van der Waals surface area contributed by atoms with Gasteiger partial charge in [-0.1, -0.05) is 32.4 Å². The van der Waals surface area contributed by atoms with Crippen molar-refractivity contribution >= 4 is 51.6 Å². The number of rotatable bonds is 10. The number of nitrogens with one attached hydrogen (secondary N) is 3. The average molecular weight is 596 g/mol. The summed E-state index contributed by atoms with van der Waals surface area (Å²) >= 11 is 5.92. The molecule has 1 aliphatic rings. The van der Waals surface area contributed by atoms with E-state index in [1.165, 1.54) is 6.33 Å². The highest BCUT2D eigenvalue weighted by molar-refractivity contribution is 6.29. The molecular weight excluding hydrogens is 558 g/mol. The highest BCUT2D eigenvalue weighted by Crippen LogP contribution is 2.32. The minimum absolute atomic E-state index is 0.0493. The van der Waals surface area contributed by atoms with Gasteiger partial charge in [0.1, 0.15) is 29.1 Å². The molecule has 3 heterocycles. The van der Waals surface area contributed by atoms with Gasteiger partial charge in [-0.2, -0.15) is 0 Å². The number of hydrogen-bond donors (Lipinski definition) is 3. The summed E-state index contributed by atoms with van der Waals surface area (Å²) in [6, 6.07) is 5.23. The number of amides is 2. The fraction of sp³-hybridized carbons (Fsp3) is 0.467. The molecule has 0 unspecified atom stereocenters. The molecule has 11 nitrogen and oxygen atoms in total. The SMILES string of the molecule is CN[C@@H](C)C(=O)N[C@H](C(=O)N1CCC[C@H]1C(=O)Cc1cc2c(Nc3ccc(Cl)nc3)ncnc2cc1OC)C(C)(C)C. The van der Waals surface area contributed by atoms with Crippen molar-refractivity contribution in [3.05, 3.63) is 47.5 Å². The van der Waals surface area contributed by atoms with Crippen molar-refractivity contribution in [2.75, 3.05) is 26.0 Å². The number of pyridine rings is 1. The van der Waals surface area contributed by atoms with Crippen LogP contribution in [0.4, 0.5) is 11.5 Å². The molecule has 0 radical (unpaired) electrons. The molecule has 1 saturated heterocycles. The molecule has 12 heteroatoms. The van der Waals surface area contributed by atoms with Crippen LogP contribution in [0, 0.1) is 5.41 Å². The normalized spacial score (nSPS) is 16.6. The quantitative estimate of drug-likeness (QED) is 0.300. The molecule has 3 atom stereocenters. The maximum Gasteiger partial charge on any atom is 0.246 e. The third-order valence-electron chi connectivity index (χ3n) is 7.53. The maximum atomic E-state index is 13.8. The second-order valence-electron chi connectivity index (χ2n) is 11.5. The van der Waals surface area contributed by atoms with E-state index in [-0.39, 0.29) is 24.0 Å². The Balaban J connectivity index is 1.59. The van der Waals surface area contributed by atoms with E-state index in [0.29, 0.717) is 58.3 Å². The number of hydrogen-bond acceptors (Lipinski definition) is 9. The van der Waals surface area contributed by atoms with Gasteiger partial charge in [-0.05, 0) is 50.4 Å². The first-order valence-electron chi connectivity index (χ1n) is 13.9. The lowest BCUT2D eigenvalue weighted by Gasteiger charge is -2.36. The Kier molecular flexibility index (Phi) is 9.63. The second kappa shape index (κ2) is 13.0. The summed E-state index contributed by atoms with van der Waals surface area (Å²) in [5, 5.41) is 10.1. The summed E-state index contributed by atoms with van der Waals surface area (Å²) in [7, 11) is 3.23. The fourth-order valence-electron chi connectivity index (χ4n) is 5.03. The van der Waals surface area contributed by atoms with E-state index in [9.17, 15) is 14.4 Å². The number of benzene rings is 1. The van der Waals surface area contributed by atoms with Crippen molar-refractivity contribution in [3.63, 3.8) is 0 Å². The van der Waals surface area contributed by atoms with Gasteiger partial charge in [0.05, 0.1) is 36.6 Å². The van der Waals surface area contributed by atoms with Gasteiger partial charge in [0.2, 0.25) is 11.8 Å². The van der Waals surface area contributed by atoms with E-state index in [2.05, 4.69) is 30.9 Å². The van der Waals surface area contributed by atoms with Gasteiger partial charge in [0.25, 0.3) is 0 Å². The van der Waals surface area contributed by atoms with Crippen molar-refractivity contribution in [3.8, 4) is 5.75 Å². The number of halogens is 1. The number of methoxy groups -OCH3 is 1. The lowest BCUT2D eigenvalue weighted by atomic mass is 9.85. The van der Waals surface area contributed by atoms with Crippen molar-refractivity contribution < 1.29 is 19.1 Å². The number of carbonyl (C=O) groups excluding carboxylic acids is 3. The number of aromatic nitrogens is 3. The van der Waals surface area contributed by atoms with Crippen LogP contribution in [-0.4, -0.2) is 76.3 Å². The molecule has 0 bridgehead atoms. The van der Waals surface area contributed by atoms with E-state index >= 15 is 0 Å². The molecule has 1 aromatic carbocycles. The van der Waals surface area contributed by atoms with Crippen molar-refractivity contribution in [1.29, 1.82) is 0 Å². The zero-order valence-electron chi connectivity index (χ0n) is 24.8. The number of likely N-dealkylation sites (tertiary alicyclic amines) is 1. The molecule has 2 amide bonds. The molecule has 224 valence electrons. The third-order valence-corrected chi connectivity index (χ3v) is 7.75. The van der Waals surface area contributed by atoms with Crippen LogP contribution in [0.2, 0.25) is 5.15 Å². The van der Waals surface area contributed by atoms with Gasteiger partial charge in [-0.3, -0.25) is 14.4 Å². The Labute approximate surface area is 250 Å². The van der Waals surface area contributed by atoms with Gasteiger partial charge in [-0.15, -0.1) is 0 Å². The number of fused-ring (bicyclic) bond motifs is 1. The second-order valence-corrected chi connectivity index (χ2v) is 11.9. The summed E-state index contributed by atoms with van der Waals surface area (Å²) in [5.74, 6) is 0.434. The van der Waals surface area contributed by atoms with E-state index < -0.39 is 23.5 Å². The lowest BCUT2D eigenvalue weighted by Crippen LogP contribution is -2.58. The van der Waals surface area contributed by atoms with Crippen molar-refractivity contribution in [2.24, 2.45) is 5.41 Å². The molecular formula is C30H38ClN7O4. The molecule has 0 aliphatic carbocycles. The monoisotopic (exact) mass is 595 g/mol. The largest absolute Gasteiger partial charge is 0.496 e. The molecule has 0 saturated carbocycles. The van der Waals surface area contributed by atoms with E-state index in [1.54, 1.807) is 50.4 Å². The summed E-state index contributed by atoms with van der Waals surface area (Å²) in [6.45, 7) is 7.89. The Morgan fingerprint density at radius 2 is 1.93 bits per heavy atom. The van der Waals surface area contributed by atoms with E-state index in [1.807, 2.05) is 26.8 Å². The Hall–Kier alpha value is -3.83. The third kappa shape index (κ3) is 6.96. The molecule has 2 aromatic heterocycles. The molecule has 3 N–H and O–H groups in total. The average Bonchev–Trinajstić information content (AvgIpc) is 3.46. The number of carbonyl (C=O) groups is 3. The zero-order valence-corrected chi connectivity index (χ0v) is 25.6. The number of likely N-dealkylation sites (N-methyl/N-ethyl adjacent to an activating group) is 1. The molecule has 42 heavy (non-hydrogen) atoms. The van der Waals surface area contributed by atoms with Crippen molar-refractivity contribution in [1.82, 2.24) is 30.5 Å². The summed E-state index contributed by atoms with van der Waals surface area (Å²) < 4.78 is 5.63. The number of ketones is 1. The Morgan fingerprint density at radius 1 is 1.17 bits per heavy atom. The molecule has 3 aromatic rings. The summed E-state index contributed by atoms with van der Waals surface area (Å²) in [5.41, 5.74) is 1.43. The molecule has 0 spiro atoms. The standard InChI is InChI=1S/C30H38ClN7O4/c1-17(32-5)28(40)37-26(30(2,3)4)29(41)38-11-7-8-22(38)23(39)13-18-12-20-21(14-24(18)42-6)34-16-35-27(20)36-19-9-10-25(31)33-15-19/h9-10,12,14-17,22,26,32H,7-8,11,13H2,1-6H3,(H,37,40)(H,34,35,36)/t17-,22-,26+/m0/s1. The minimum atomic E-state index is -0.780. The Bertz CT molecular complexity index is 1460. The number of anilines is 2. The highest BCUT2D eigenvalue weighted by Gasteiger charge is 2.42.